The van der Waals surface area contributed by atoms with Crippen LogP contribution >= 0.6 is 0 Å². The van der Waals surface area contributed by atoms with E-state index in [0.29, 0.717) is 31.3 Å². The maximum atomic E-state index is 15.1. The summed E-state index contributed by atoms with van der Waals surface area (Å²) in [6, 6.07) is 3.75. The Bertz CT molecular complexity index is 739. The van der Waals surface area contributed by atoms with Crippen LogP contribution in [0.3, 0.4) is 0 Å². The average molecular weight is 420 g/mol. The highest BCUT2D eigenvalue weighted by Gasteiger charge is 2.44. The Morgan fingerprint density at radius 2 is 2.00 bits per heavy atom. The molecule has 0 radical (unpaired) electrons. The predicted octanol–water partition coefficient (Wildman–Crippen LogP) is 4.77. The van der Waals surface area contributed by atoms with E-state index in [-0.39, 0.29) is 17.7 Å². The summed E-state index contributed by atoms with van der Waals surface area (Å²) < 4.78 is 26.7. The number of carbonyl (C=O) groups is 1. The summed E-state index contributed by atoms with van der Waals surface area (Å²) in [6.45, 7) is 3.25. The molecule has 1 N–H and O–H groups in total. The summed E-state index contributed by atoms with van der Waals surface area (Å²) >= 11 is 0. The van der Waals surface area contributed by atoms with Crippen molar-refractivity contribution < 1.29 is 23.8 Å². The lowest BCUT2D eigenvalue weighted by atomic mass is 9.74. The lowest BCUT2D eigenvalue weighted by Gasteiger charge is -2.38. The third-order valence-corrected chi connectivity index (χ3v) is 7.32. The lowest BCUT2D eigenvalue weighted by Crippen LogP contribution is -2.44. The number of likely N-dealkylation sites (tertiary alicyclic amines) is 1. The zero-order valence-electron chi connectivity index (χ0n) is 17.8. The fourth-order valence-electron chi connectivity index (χ4n) is 5.40. The second-order valence-electron chi connectivity index (χ2n) is 9.30. The van der Waals surface area contributed by atoms with E-state index in [1.165, 1.54) is 38.5 Å². The normalized spacial score (nSPS) is 21.4. The number of rotatable bonds is 8. The van der Waals surface area contributed by atoms with Gasteiger partial charge in [-0.05, 0) is 50.8 Å². The molecule has 4 rings (SSSR count). The number of ether oxygens (including phenoxy) is 2. The van der Waals surface area contributed by atoms with Crippen molar-refractivity contribution in [2.45, 2.75) is 69.6 Å². The van der Waals surface area contributed by atoms with Crippen molar-refractivity contribution >= 4 is 5.97 Å². The lowest BCUT2D eigenvalue weighted by molar-refractivity contribution is -0.137. The first-order valence-electron chi connectivity index (χ1n) is 11.6. The number of fused-ring (bicyclic) bond motifs is 2. The highest BCUT2D eigenvalue weighted by Crippen LogP contribution is 2.48. The molecule has 0 amide bonds. The van der Waals surface area contributed by atoms with Crippen LogP contribution in [0.15, 0.2) is 12.1 Å². The molecule has 1 saturated heterocycles. The number of carboxylic acids is 1. The Morgan fingerprint density at radius 3 is 2.73 bits per heavy atom. The Balaban J connectivity index is 1.31. The number of halogens is 1. The molecule has 3 aliphatic rings. The van der Waals surface area contributed by atoms with Gasteiger partial charge in [-0.2, -0.15) is 4.39 Å². The number of hydrogen-bond acceptors (Lipinski definition) is 4. The summed E-state index contributed by atoms with van der Waals surface area (Å²) in [4.78, 5) is 13.0. The maximum Gasteiger partial charge on any atom is 0.304 e. The standard InChI is InChI=1S/C24H34FNO4/c25-22-20(29-16-4-7-18-5-2-1-3-6-18)9-8-19-23(22)30-17-24(19)11-14-26(15-12-24)13-10-21(27)28/h8-9,18H,1-7,10-17H2,(H,27,28). The summed E-state index contributed by atoms with van der Waals surface area (Å²) in [5.41, 5.74) is 0.794. The van der Waals surface area contributed by atoms with E-state index >= 15 is 4.39 Å². The summed E-state index contributed by atoms with van der Waals surface area (Å²) in [5, 5.41) is 8.88. The number of hydrogen-bond donors (Lipinski definition) is 1. The molecule has 1 spiro atoms. The molecule has 0 atom stereocenters. The van der Waals surface area contributed by atoms with Crippen LogP contribution in [0, 0.1) is 11.7 Å². The van der Waals surface area contributed by atoms with Gasteiger partial charge in [0.15, 0.2) is 11.5 Å². The van der Waals surface area contributed by atoms with Gasteiger partial charge >= 0.3 is 5.97 Å². The molecular formula is C24H34FNO4. The molecule has 0 bridgehead atoms. The Morgan fingerprint density at radius 1 is 1.23 bits per heavy atom. The first-order chi connectivity index (χ1) is 14.6. The van der Waals surface area contributed by atoms with Gasteiger partial charge in [-0.15, -0.1) is 0 Å². The van der Waals surface area contributed by atoms with E-state index in [9.17, 15) is 4.79 Å². The van der Waals surface area contributed by atoms with Gasteiger partial charge in [0.1, 0.15) is 0 Å². The average Bonchev–Trinajstić information content (AvgIpc) is 3.12. The SMILES string of the molecule is O=C(O)CCN1CCC2(CC1)COc1c2ccc(OCCCC2CCCCC2)c1F. The van der Waals surface area contributed by atoms with Gasteiger partial charge in [0.2, 0.25) is 5.82 Å². The zero-order valence-corrected chi connectivity index (χ0v) is 17.8. The quantitative estimate of drug-likeness (QED) is 0.616. The molecule has 1 saturated carbocycles. The largest absolute Gasteiger partial charge is 0.490 e. The van der Waals surface area contributed by atoms with Crippen molar-refractivity contribution in [2.24, 2.45) is 5.92 Å². The van der Waals surface area contributed by atoms with E-state index < -0.39 is 5.97 Å². The number of aliphatic carboxylic acids is 1. The van der Waals surface area contributed by atoms with Crippen LogP contribution in [0.25, 0.3) is 0 Å². The monoisotopic (exact) mass is 419 g/mol. The van der Waals surface area contributed by atoms with Gasteiger partial charge in [-0.25, -0.2) is 0 Å². The van der Waals surface area contributed by atoms with E-state index in [4.69, 9.17) is 14.6 Å². The van der Waals surface area contributed by atoms with Crippen LogP contribution in [0.1, 0.15) is 69.8 Å². The fourth-order valence-corrected chi connectivity index (χ4v) is 5.40. The van der Waals surface area contributed by atoms with Gasteiger partial charge < -0.3 is 19.5 Å². The molecule has 1 aromatic carbocycles. The van der Waals surface area contributed by atoms with Crippen LogP contribution in [0.4, 0.5) is 4.39 Å². The number of nitrogens with zero attached hydrogens (tertiary/aromatic N) is 1. The van der Waals surface area contributed by atoms with Gasteiger partial charge in [0.05, 0.1) is 19.6 Å². The van der Waals surface area contributed by atoms with Crippen molar-refractivity contribution in [3.8, 4) is 11.5 Å². The summed E-state index contributed by atoms with van der Waals surface area (Å²) in [7, 11) is 0. The first kappa shape index (κ1) is 21.4. The molecule has 166 valence electrons. The minimum atomic E-state index is -0.766. The molecule has 1 aromatic rings. The molecule has 0 aromatic heterocycles. The molecule has 2 fully saturated rings. The predicted molar refractivity (Wildman–Crippen MR) is 113 cm³/mol. The number of benzene rings is 1. The minimum absolute atomic E-state index is 0.157. The van der Waals surface area contributed by atoms with Crippen molar-refractivity contribution in [3.05, 3.63) is 23.5 Å². The second-order valence-corrected chi connectivity index (χ2v) is 9.30. The third-order valence-electron chi connectivity index (χ3n) is 7.32. The van der Waals surface area contributed by atoms with Crippen LogP contribution in [-0.4, -0.2) is 48.8 Å². The van der Waals surface area contributed by atoms with E-state index in [1.807, 2.05) is 6.07 Å². The highest BCUT2D eigenvalue weighted by atomic mass is 19.1. The molecule has 2 aliphatic heterocycles. The molecule has 1 aliphatic carbocycles. The van der Waals surface area contributed by atoms with Gasteiger partial charge in [-0.1, -0.05) is 38.2 Å². The van der Waals surface area contributed by atoms with E-state index in [1.54, 1.807) is 6.07 Å². The van der Waals surface area contributed by atoms with Crippen molar-refractivity contribution in [2.75, 3.05) is 32.8 Å². The van der Waals surface area contributed by atoms with E-state index in [2.05, 4.69) is 4.90 Å². The smallest absolute Gasteiger partial charge is 0.304 e. The molecular weight excluding hydrogens is 385 g/mol. The van der Waals surface area contributed by atoms with Crippen LogP contribution in [0.2, 0.25) is 0 Å². The second kappa shape index (κ2) is 9.54. The van der Waals surface area contributed by atoms with Gasteiger partial charge in [0.25, 0.3) is 0 Å². The third kappa shape index (κ3) is 4.74. The maximum absolute atomic E-state index is 15.1. The van der Waals surface area contributed by atoms with Crippen LogP contribution in [0.5, 0.6) is 11.5 Å². The van der Waals surface area contributed by atoms with Crippen molar-refractivity contribution in [1.29, 1.82) is 0 Å². The summed E-state index contributed by atoms with van der Waals surface area (Å²) in [6.07, 6.45) is 10.8. The zero-order chi connectivity index (χ0) is 21.0. The molecule has 2 heterocycles. The Labute approximate surface area is 178 Å². The molecule has 30 heavy (non-hydrogen) atoms. The number of piperidine rings is 1. The first-order valence-corrected chi connectivity index (χ1v) is 11.6. The van der Waals surface area contributed by atoms with E-state index in [0.717, 1.165) is 43.8 Å². The highest BCUT2D eigenvalue weighted by molar-refractivity contribution is 5.66. The molecule has 5 nitrogen and oxygen atoms in total. The van der Waals surface area contributed by atoms with Crippen LogP contribution < -0.4 is 9.47 Å². The fraction of sp³-hybridized carbons (Fsp3) is 0.708. The van der Waals surface area contributed by atoms with Gasteiger partial charge in [-0.3, -0.25) is 4.79 Å². The number of carboxylic acid groups (broad SMARTS) is 1. The van der Waals surface area contributed by atoms with Crippen LogP contribution in [-0.2, 0) is 10.2 Å². The topological polar surface area (TPSA) is 59.0 Å². The van der Waals surface area contributed by atoms with Crippen molar-refractivity contribution in [1.82, 2.24) is 4.90 Å². The van der Waals surface area contributed by atoms with Crippen molar-refractivity contribution in [3.63, 3.8) is 0 Å². The molecule has 0 unspecified atom stereocenters. The molecule has 6 heteroatoms. The van der Waals surface area contributed by atoms with Gasteiger partial charge in [0, 0.05) is 17.5 Å². The Kier molecular flexibility index (Phi) is 6.81. The summed E-state index contributed by atoms with van der Waals surface area (Å²) in [5.74, 6) is 0.345. The Hall–Kier alpha value is -1.82. The minimum Gasteiger partial charge on any atom is -0.490 e.